The average molecular weight is 363 g/mol. The van der Waals surface area contributed by atoms with Crippen LogP contribution in [0.2, 0.25) is 0 Å². The SMILES string of the molecule is Cc1cccc(NC(=O)N2CCN(c3cc(-n4ccnc4)ncn3)CC2)c1. The molecule has 0 saturated carbocycles. The molecular formula is C19H21N7O. The van der Waals surface area contributed by atoms with Crippen molar-refractivity contribution in [3.63, 3.8) is 0 Å². The van der Waals surface area contributed by atoms with Crippen molar-refractivity contribution in [2.75, 3.05) is 36.4 Å². The van der Waals surface area contributed by atoms with Gasteiger partial charge in [0, 0.05) is 50.3 Å². The molecule has 3 aromatic rings. The first-order chi connectivity index (χ1) is 13.2. The Morgan fingerprint density at radius 1 is 1.07 bits per heavy atom. The second-order valence-corrected chi connectivity index (χ2v) is 6.48. The number of carbonyl (C=O) groups excluding carboxylic acids is 1. The summed E-state index contributed by atoms with van der Waals surface area (Å²) in [5.41, 5.74) is 1.94. The van der Waals surface area contributed by atoms with Crippen LogP contribution in [0.15, 0.2) is 55.4 Å². The molecule has 4 rings (SSSR count). The third-order valence-electron chi connectivity index (χ3n) is 4.57. The predicted octanol–water partition coefficient (Wildman–Crippen LogP) is 2.32. The van der Waals surface area contributed by atoms with E-state index >= 15 is 0 Å². The highest BCUT2D eigenvalue weighted by molar-refractivity contribution is 5.89. The number of anilines is 2. The van der Waals surface area contributed by atoms with Gasteiger partial charge in [0.05, 0.1) is 0 Å². The third-order valence-corrected chi connectivity index (χ3v) is 4.57. The van der Waals surface area contributed by atoms with Gasteiger partial charge in [-0.1, -0.05) is 12.1 Å². The Morgan fingerprint density at radius 3 is 2.63 bits per heavy atom. The maximum Gasteiger partial charge on any atom is 0.321 e. The number of urea groups is 1. The second-order valence-electron chi connectivity index (χ2n) is 6.48. The van der Waals surface area contributed by atoms with Gasteiger partial charge in [0.1, 0.15) is 24.3 Å². The van der Waals surface area contributed by atoms with E-state index in [-0.39, 0.29) is 6.03 Å². The summed E-state index contributed by atoms with van der Waals surface area (Å²) in [7, 11) is 0. The van der Waals surface area contributed by atoms with Crippen molar-refractivity contribution in [2.45, 2.75) is 6.92 Å². The molecule has 138 valence electrons. The van der Waals surface area contributed by atoms with E-state index in [1.807, 2.05) is 52.9 Å². The quantitative estimate of drug-likeness (QED) is 0.773. The van der Waals surface area contributed by atoms with Crippen LogP contribution in [-0.2, 0) is 0 Å². The number of aromatic nitrogens is 4. The number of nitrogens with one attached hydrogen (secondary N) is 1. The Bertz CT molecular complexity index is 917. The first-order valence-electron chi connectivity index (χ1n) is 8.87. The van der Waals surface area contributed by atoms with Crippen LogP contribution in [0, 0.1) is 6.92 Å². The lowest BCUT2D eigenvalue weighted by molar-refractivity contribution is 0.208. The van der Waals surface area contributed by atoms with E-state index in [0.717, 1.165) is 36.0 Å². The molecule has 1 aliphatic heterocycles. The van der Waals surface area contributed by atoms with Gasteiger partial charge in [-0.25, -0.2) is 19.7 Å². The van der Waals surface area contributed by atoms with E-state index in [0.29, 0.717) is 13.1 Å². The van der Waals surface area contributed by atoms with Crippen molar-refractivity contribution in [3.8, 4) is 5.82 Å². The molecule has 0 unspecified atom stereocenters. The predicted molar refractivity (Wildman–Crippen MR) is 103 cm³/mol. The molecule has 2 aromatic heterocycles. The van der Waals surface area contributed by atoms with E-state index in [9.17, 15) is 4.79 Å². The van der Waals surface area contributed by atoms with Crippen molar-refractivity contribution < 1.29 is 4.79 Å². The summed E-state index contributed by atoms with van der Waals surface area (Å²) in [4.78, 5) is 29.2. The van der Waals surface area contributed by atoms with Gasteiger partial charge >= 0.3 is 6.03 Å². The van der Waals surface area contributed by atoms with E-state index in [4.69, 9.17) is 0 Å². The maximum atomic E-state index is 12.5. The van der Waals surface area contributed by atoms with E-state index in [2.05, 4.69) is 25.2 Å². The molecule has 1 fully saturated rings. The number of piperazine rings is 1. The lowest BCUT2D eigenvalue weighted by atomic mass is 10.2. The molecule has 0 spiro atoms. The monoisotopic (exact) mass is 363 g/mol. The van der Waals surface area contributed by atoms with Gasteiger partial charge in [-0.2, -0.15) is 0 Å². The first-order valence-corrected chi connectivity index (χ1v) is 8.87. The van der Waals surface area contributed by atoms with Crippen LogP contribution in [0.5, 0.6) is 0 Å². The number of imidazole rings is 1. The van der Waals surface area contributed by atoms with Gasteiger partial charge in [-0.15, -0.1) is 0 Å². The Kier molecular flexibility index (Phi) is 4.69. The third kappa shape index (κ3) is 3.89. The summed E-state index contributed by atoms with van der Waals surface area (Å²) in [6.07, 6.45) is 6.83. The lowest BCUT2D eigenvalue weighted by Crippen LogP contribution is -2.50. The fourth-order valence-electron chi connectivity index (χ4n) is 3.11. The molecule has 2 amide bonds. The molecule has 0 aliphatic carbocycles. The molecule has 8 nitrogen and oxygen atoms in total. The Hall–Kier alpha value is -3.42. The van der Waals surface area contributed by atoms with Gasteiger partial charge in [-0.05, 0) is 24.6 Å². The fourth-order valence-corrected chi connectivity index (χ4v) is 3.11. The van der Waals surface area contributed by atoms with Gasteiger partial charge in [0.15, 0.2) is 0 Å². The minimum atomic E-state index is -0.0676. The van der Waals surface area contributed by atoms with Gasteiger partial charge < -0.3 is 15.1 Å². The molecule has 1 aromatic carbocycles. The molecule has 0 atom stereocenters. The standard InChI is InChI=1S/C19H21N7O/c1-15-3-2-4-16(11-15)23-19(27)25-9-7-24(8-10-25)17-12-18(22-13-21-17)26-6-5-20-14-26/h2-6,11-14H,7-10H2,1H3,(H,23,27). The van der Waals surface area contributed by atoms with Crippen molar-refractivity contribution in [2.24, 2.45) is 0 Å². The van der Waals surface area contributed by atoms with E-state index in [1.54, 1.807) is 18.9 Å². The number of rotatable bonds is 3. The number of hydrogen-bond donors (Lipinski definition) is 1. The summed E-state index contributed by atoms with van der Waals surface area (Å²) in [6.45, 7) is 4.74. The minimum Gasteiger partial charge on any atom is -0.353 e. The molecule has 1 saturated heterocycles. The fraction of sp³-hybridized carbons (Fsp3) is 0.263. The molecule has 27 heavy (non-hydrogen) atoms. The summed E-state index contributed by atoms with van der Waals surface area (Å²) >= 11 is 0. The number of aryl methyl sites for hydroxylation is 1. The normalized spacial score (nSPS) is 14.3. The smallest absolute Gasteiger partial charge is 0.321 e. The summed E-state index contributed by atoms with van der Waals surface area (Å²) in [6, 6.07) is 9.68. The Balaban J connectivity index is 1.37. The molecule has 1 aliphatic rings. The van der Waals surface area contributed by atoms with Crippen LogP contribution in [0.1, 0.15) is 5.56 Å². The average Bonchev–Trinajstić information content (AvgIpc) is 3.23. The van der Waals surface area contributed by atoms with Crippen molar-refractivity contribution in [1.82, 2.24) is 24.4 Å². The van der Waals surface area contributed by atoms with Crippen molar-refractivity contribution >= 4 is 17.5 Å². The summed E-state index contributed by atoms with van der Waals surface area (Å²) in [5.74, 6) is 1.63. The minimum absolute atomic E-state index is 0.0676. The first kappa shape index (κ1) is 17.0. The zero-order chi connectivity index (χ0) is 18.6. The molecule has 0 radical (unpaired) electrons. The van der Waals surface area contributed by atoms with E-state index < -0.39 is 0 Å². The van der Waals surface area contributed by atoms with Gasteiger partial charge in [-0.3, -0.25) is 4.57 Å². The Morgan fingerprint density at radius 2 is 1.89 bits per heavy atom. The zero-order valence-electron chi connectivity index (χ0n) is 15.1. The lowest BCUT2D eigenvalue weighted by Gasteiger charge is -2.35. The molecular weight excluding hydrogens is 342 g/mol. The largest absolute Gasteiger partial charge is 0.353 e. The highest BCUT2D eigenvalue weighted by atomic mass is 16.2. The number of carbonyl (C=O) groups is 1. The maximum absolute atomic E-state index is 12.5. The molecule has 0 bridgehead atoms. The summed E-state index contributed by atoms with van der Waals surface area (Å²) in [5, 5.41) is 2.97. The highest BCUT2D eigenvalue weighted by Gasteiger charge is 2.22. The highest BCUT2D eigenvalue weighted by Crippen LogP contribution is 2.17. The number of hydrogen-bond acceptors (Lipinski definition) is 5. The number of nitrogens with zero attached hydrogens (tertiary/aromatic N) is 6. The molecule has 1 N–H and O–H groups in total. The van der Waals surface area contributed by atoms with Gasteiger partial charge in [0.25, 0.3) is 0 Å². The van der Waals surface area contributed by atoms with Crippen molar-refractivity contribution in [1.29, 1.82) is 0 Å². The van der Waals surface area contributed by atoms with Crippen LogP contribution in [-0.4, -0.2) is 56.6 Å². The number of amides is 2. The van der Waals surface area contributed by atoms with Crippen LogP contribution < -0.4 is 10.2 Å². The van der Waals surface area contributed by atoms with Crippen LogP contribution in [0.4, 0.5) is 16.3 Å². The Labute approximate surface area is 157 Å². The zero-order valence-corrected chi connectivity index (χ0v) is 15.1. The molecule has 3 heterocycles. The van der Waals surface area contributed by atoms with Crippen LogP contribution >= 0.6 is 0 Å². The number of benzene rings is 1. The van der Waals surface area contributed by atoms with E-state index in [1.165, 1.54) is 0 Å². The topological polar surface area (TPSA) is 79.2 Å². The van der Waals surface area contributed by atoms with Gasteiger partial charge in [0.2, 0.25) is 0 Å². The van der Waals surface area contributed by atoms with Crippen molar-refractivity contribution in [3.05, 3.63) is 60.9 Å². The van der Waals surface area contributed by atoms with Crippen LogP contribution in [0.3, 0.4) is 0 Å². The second kappa shape index (κ2) is 7.45. The molecule has 8 heteroatoms. The summed E-state index contributed by atoms with van der Waals surface area (Å²) < 4.78 is 1.84. The van der Waals surface area contributed by atoms with Crippen LogP contribution in [0.25, 0.3) is 5.82 Å².